The number of nitrogens with two attached hydrogens (primary N) is 1. The molecule has 3 rings (SSSR count). The number of carbonyl (C=O) groups excluding carboxylic acids is 2. The Labute approximate surface area is 168 Å². The maximum atomic E-state index is 14.0. The topological polar surface area (TPSA) is 63.4 Å². The van der Waals surface area contributed by atoms with E-state index in [1.807, 2.05) is 36.4 Å². The molecule has 0 heterocycles. The van der Waals surface area contributed by atoms with E-state index < -0.39 is 36.0 Å². The van der Waals surface area contributed by atoms with E-state index in [9.17, 15) is 18.4 Å². The number of hydrogen-bond donors (Lipinski definition) is 1. The van der Waals surface area contributed by atoms with Crippen LogP contribution in [0.5, 0.6) is 0 Å². The van der Waals surface area contributed by atoms with Crippen molar-refractivity contribution in [2.24, 2.45) is 5.73 Å². The zero-order chi connectivity index (χ0) is 21.2. The van der Waals surface area contributed by atoms with E-state index in [-0.39, 0.29) is 5.56 Å². The predicted octanol–water partition coefficient (Wildman–Crippen LogP) is 4.34. The van der Waals surface area contributed by atoms with Crippen molar-refractivity contribution < 1.29 is 18.4 Å². The Morgan fingerprint density at radius 2 is 1.38 bits per heavy atom. The lowest BCUT2D eigenvalue weighted by molar-refractivity contribution is -0.119. The second-order valence-corrected chi connectivity index (χ2v) is 6.24. The van der Waals surface area contributed by atoms with Crippen molar-refractivity contribution in [1.29, 1.82) is 0 Å². The highest BCUT2D eigenvalue weighted by Crippen LogP contribution is 2.25. The Kier molecular flexibility index (Phi) is 8.03. The third kappa shape index (κ3) is 6.24. The van der Waals surface area contributed by atoms with Crippen LogP contribution in [0.15, 0.2) is 84.9 Å². The summed E-state index contributed by atoms with van der Waals surface area (Å²) in [6, 6.07) is 23.1. The van der Waals surface area contributed by atoms with Gasteiger partial charge >= 0.3 is 0 Å². The lowest BCUT2D eigenvalue weighted by Crippen LogP contribution is -2.40. The molecule has 6 heteroatoms. The van der Waals surface area contributed by atoms with E-state index in [0.29, 0.717) is 5.56 Å². The van der Waals surface area contributed by atoms with Crippen LogP contribution in [0.25, 0.3) is 0 Å². The molecule has 1 atom stereocenters. The number of carbonyl (C=O) groups is 2. The van der Waals surface area contributed by atoms with Crippen molar-refractivity contribution in [3.8, 4) is 0 Å². The second kappa shape index (κ2) is 10.7. The molecule has 3 aromatic rings. The molecule has 2 N–H and O–H groups in total. The molecule has 0 fully saturated rings. The first-order valence-electron chi connectivity index (χ1n) is 9.00. The Morgan fingerprint density at radius 1 is 0.862 bits per heavy atom. The molecule has 0 saturated carbocycles. The molecule has 150 valence electrons. The van der Waals surface area contributed by atoms with E-state index in [2.05, 4.69) is 0 Å². The summed E-state index contributed by atoms with van der Waals surface area (Å²) in [5.74, 6) is -3.28. The Balaban J connectivity index is 0.000000426. The van der Waals surface area contributed by atoms with Crippen molar-refractivity contribution in [1.82, 2.24) is 4.90 Å². The molecule has 0 saturated heterocycles. The predicted molar refractivity (Wildman–Crippen MR) is 108 cm³/mol. The van der Waals surface area contributed by atoms with Gasteiger partial charge in [0.25, 0.3) is 5.91 Å². The fourth-order valence-corrected chi connectivity index (χ4v) is 2.69. The SMILES string of the molecule is CC(c1cccc(F)c1F)N(CC(N)=O)C(=O)c1ccccc1.c1ccccc1. The van der Waals surface area contributed by atoms with Crippen LogP contribution in [-0.2, 0) is 4.79 Å². The molecule has 0 aliphatic rings. The van der Waals surface area contributed by atoms with Gasteiger partial charge in [-0.05, 0) is 25.1 Å². The molecule has 3 aromatic carbocycles. The van der Waals surface area contributed by atoms with Gasteiger partial charge in [0.05, 0.1) is 6.04 Å². The highest BCUT2D eigenvalue weighted by molar-refractivity contribution is 5.96. The van der Waals surface area contributed by atoms with Crippen molar-refractivity contribution in [3.63, 3.8) is 0 Å². The van der Waals surface area contributed by atoms with Gasteiger partial charge in [0, 0.05) is 11.1 Å². The number of primary amides is 1. The van der Waals surface area contributed by atoms with Gasteiger partial charge in [-0.2, -0.15) is 0 Å². The molecule has 0 spiro atoms. The molecule has 1 unspecified atom stereocenters. The average Bonchev–Trinajstić information content (AvgIpc) is 2.75. The summed E-state index contributed by atoms with van der Waals surface area (Å²) in [7, 11) is 0. The van der Waals surface area contributed by atoms with Crippen LogP contribution in [0.2, 0.25) is 0 Å². The highest BCUT2D eigenvalue weighted by Gasteiger charge is 2.26. The molecule has 0 bridgehead atoms. The minimum atomic E-state index is -1.05. The molecule has 0 aliphatic heterocycles. The largest absolute Gasteiger partial charge is 0.368 e. The molecule has 0 aliphatic carbocycles. The van der Waals surface area contributed by atoms with E-state index >= 15 is 0 Å². The van der Waals surface area contributed by atoms with Crippen molar-refractivity contribution in [2.45, 2.75) is 13.0 Å². The van der Waals surface area contributed by atoms with Crippen LogP contribution in [0.4, 0.5) is 8.78 Å². The van der Waals surface area contributed by atoms with Crippen LogP contribution in [-0.4, -0.2) is 23.3 Å². The van der Waals surface area contributed by atoms with Crippen molar-refractivity contribution in [3.05, 3.63) is 108 Å². The summed E-state index contributed by atoms with van der Waals surface area (Å²) >= 11 is 0. The number of amides is 2. The van der Waals surface area contributed by atoms with E-state index in [0.717, 1.165) is 11.0 Å². The van der Waals surface area contributed by atoms with Gasteiger partial charge in [-0.1, -0.05) is 66.7 Å². The monoisotopic (exact) mass is 396 g/mol. The van der Waals surface area contributed by atoms with E-state index in [1.54, 1.807) is 30.3 Å². The molecule has 0 aromatic heterocycles. The van der Waals surface area contributed by atoms with Gasteiger partial charge in [-0.25, -0.2) is 8.78 Å². The molecular formula is C23H22F2N2O2. The first-order chi connectivity index (χ1) is 13.9. The minimum Gasteiger partial charge on any atom is -0.368 e. The van der Waals surface area contributed by atoms with Gasteiger partial charge < -0.3 is 10.6 Å². The second-order valence-electron chi connectivity index (χ2n) is 6.24. The third-order valence-electron chi connectivity index (χ3n) is 4.17. The fraction of sp³-hybridized carbons (Fsp3) is 0.130. The van der Waals surface area contributed by atoms with Crippen LogP contribution in [0, 0.1) is 11.6 Å². The summed E-state index contributed by atoms with van der Waals surface area (Å²) in [4.78, 5) is 25.0. The summed E-state index contributed by atoms with van der Waals surface area (Å²) in [5, 5.41) is 0. The maximum Gasteiger partial charge on any atom is 0.254 e. The number of benzene rings is 3. The highest BCUT2D eigenvalue weighted by atomic mass is 19.2. The third-order valence-corrected chi connectivity index (χ3v) is 4.17. The fourth-order valence-electron chi connectivity index (χ4n) is 2.69. The Hall–Kier alpha value is -3.54. The van der Waals surface area contributed by atoms with E-state index in [1.165, 1.54) is 19.1 Å². The quantitative estimate of drug-likeness (QED) is 0.697. The van der Waals surface area contributed by atoms with Gasteiger partial charge in [0.2, 0.25) is 5.91 Å². The Bertz CT molecular complexity index is 907. The Morgan fingerprint density at radius 3 is 1.90 bits per heavy atom. The average molecular weight is 396 g/mol. The number of hydrogen-bond acceptors (Lipinski definition) is 2. The zero-order valence-corrected chi connectivity index (χ0v) is 16.0. The van der Waals surface area contributed by atoms with Gasteiger partial charge in [-0.15, -0.1) is 0 Å². The molecule has 4 nitrogen and oxygen atoms in total. The van der Waals surface area contributed by atoms with Gasteiger partial charge in [-0.3, -0.25) is 9.59 Å². The number of rotatable bonds is 5. The van der Waals surface area contributed by atoms with E-state index in [4.69, 9.17) is 5.73 Å². The lowest BCUT2D eigenvalue weighted by atomic mass is 10.0. The smallest absolute Gasteiger partial charge is 0.254 e. The first-order valence-corrected chi connectivity index (χ1v) is 9.00. The van der Waals surface area contributed by atoms with Crippen LogP contribution < -0.4 is 5.73 Å². The lowest BCUT2D eigenvalue weighted by Gasteiger charge is -2.29. The maximum absolute atomic E-state index is 14.0. The summed E-state index contributed by atoms with van der Waals surface area (Å²) in [6.45, 7) is 1.12. The molecule has 29 heavy (non-hydrogen) atoms. The number of halogens is 2. The zero-order valence-electron chi connectivity index (χ0n) is 16.0. The first kappa shape index (κ1) is 21.8. The molecular weight excluding hydrogens is 374 g/mol. The summed E-state index contributed by atoms with van der Waals surface area (Å²) in [5.41, 5.74) is 5.51. The van der Waals surface area contributed by atoms with Crippen LogP contribution in [0.3, 0.4) is 0 Å². The van der Waals surface area contributed by atoms with Crippen molar-refractivity contribution in [2.75, 3.05) is 6.54 Å². The van der Waals surface area contributed by atoms with Gasteiger partial charge in [0.15, 0.2) is 11.6 Å². The number of nitrogens with zero attached hydrogens (tertiary/aromatic N) is 1. The normalized spacial score (nSPS) is 11.0. The van der Waals surface area contributed by atoms with Crippen LogP contribution in [0.1, 0.15) is 28.9 Å². The molecule has 2 amide bonds. The van der Waals surface area contributed by atoms with Crippen LogP contribution >= 0.6 is 0 Å². The molecule has 0 radical (unpaired) electrons. The minimum absolute atomic E-state index is 0.0180. The summed E-state index contributed by atoms with van der Waals surface area (Å²) in [6.07, 6.45) is 0. The summed E-state index contributed by atoms with van der Waals surface area (Å²) < 4.78 is 27.4. The van der Waals surface area contributed by atoms with Gasteiger partial charge in [0.1, 0.15) is 6.54 Å². The standard InChI is InChI=1S/C17H16F2N2O2.C6H6/c1-11(13-8-5-9-14(18)16(13)19)21(10-15(20)22)17(23)12-6-3-2-4-7-12;1-2-4-6-5-3-1/h2-9,11H,10H2,1H3,(H2,20,22);1-6H. The van der Waals surface area contributed by atoms with Crippen molar-refractivity contribution >= 4 is 11.8 Å².